The van der Waals surface area contributed by atoms with Gasteiger partial charge in [-0.25, -0.2) is 9.78 Å². The van der Waals surface area contributed by atoms with Crippen LogP contribution in [0, 0.1) is 11.3 Å². The summed E-state index contributed by atoms with van der Waals surface area (Å²) in [5, 5.41) is 22.8. The molecular weight excluding hydrogens is 360 g/mol. The summed E-state index contributed by atoms with van der Waals surface area (Å²) in [6.45, 7) is 0.00863. The zero-order chi connectivity index (χ0) is 19.7. The van der Waals surface area contributed by atoms with Crippen LogP contribution in [0.1, 0.15) is 21.8 Å². The van der Waals surface area contributed by atoms with Gasteiger partial charge >= 0.3 is 5.97 Å². The van der Waals surface area contributed by atoms with E-state index in [1.54, 1.807) is 22.9 Å². The minimum atomic E-state index is -1.04. The maximum atomic E-state index is 11.0. The Morgan fingerprint density at radius 2 is 2.14 bits per heavy atom. The monoisotopic (exact) mass is 374 g/mol. The third-order valence-electron chi connectivity index (χ3n) is 4.14. The summed E-state index contributed by atoms with van der Waals surface area (Å²) < 4.78 is 12.9. The van der Waals surface area contributed by atoms with Crippen molar-refractivity contribution in [1.29, 1.82) is 5.26 Å². The third kappa shape index (κ3) is 3.29. The van der Waals surface area contributed by atoms with Crippen LogP contribution in [0.5, 0.6) is 5.75 Å². The van der Waals surface area contributed by atoms with Gasteiger partial charge in [0.1, 0.15) is 17.3 Å². The van der Waals surface area contributed by atoms with E-state index in [0.717, 1.165) is 11.3 Å². The largest absolute Gasteiger partial charge is 0.482 e. The molecule has 2 aromatic heterocycles. The van der Waals surface area contributed by atoms with E-state index in [2.05, 4.69) is 16.2 Å². The van der Waals surface area contributed by atoms with E-state index in [-0.39, 0.29) is 18.1 Å². The van der Waals surface area contributed by atoms with Gasteiger partial charge in [0.15, 0.2) is 12.2 Å². The number of carboxylic acids is 1. The summed E-state index contributed by atoms with van der Waals surface area (Å²) in [5.41, 5.74) is 2.96. The van der Waals surface area contributed by atoms with Crippen LogP contribution in [-0.4, -0.2) is 25.8 Å². The molecule has 2 aromatic carbocycles. The van der Waals surface area contributed by atoms with Crippen LogP contribution in [0.2, 0.25) is 0 Å². The Hall–Kier alpha value is -4.12. The minimum absolute atomic E-state index is 0.00863. The minimum Gasteiger partial charge on any atom is -0.482 e. The number of carbonyl (C=O) groups is 1. The average Bonchev–Trinajstić information content (AvgIpc) is 3.31. The van der Waals surface area contributed by atoms with Gasteiger partial charge in [-0.3, -0.25) is 4.68 Å². The van der Waals surface area contributed by atoms with E-state index in [0.29, 0.717) is 22.4 Å². The van der Waals surface area contributed by atoms with E-state index in [1.807, 2.05) is 25.4 Å². The molecule has 0 aliphatic rings. The number of benzene rings is 2. The first kappa shape index (κ1) is 17.3. The van der Waals surface area contributed by atoms with E-state index < -0.39 is 5.97 Å². The number of hydrogen-bond acceptors (Lipinski definition) is 6. The molecule has 2 heterocycles. The molecule has 0 radical (unpaired) electrons. The molecule has 0 aliphatic carbocycles. The fourth-order valence-electron chi connectivity index (χ4n) is 2.78. The smallest absolute Gasteiger partial charge is 0.335 e. The molecule has 1 N–H and O–H groups in total. The average molecular weight is 374 g/mol. The lowest BCUT2D eigenvalue weighted by molar-refractivity contribution is 0.0697. The molecule has 138 valence electrons. The second kappa shape index (κ2) is 6.89. The van der Waals surface area contributed by atoms with Gasteiger partial charge in [-0.2, -0.15) is 10.4 Å². The molecule has 28 heavy (non-hydrogen) atoms. The Morgan fingerprint density at radius 1 is 1.29 bits per heavy atom. The molecule has 4 rings (SSSR count). The van der Waals surface area contributed by atoms with Crippen molar-refractivity contribution in [3.8, 4) is 23.1 Å². The first-order chi connectivity index (χ1) is 13.5. The van der Waals surface area contributed by atoms with Crippen molar-refractivity contribution in [3.63, 3.8) is 0 Å². The highest BCUT2D eigenvalue weighted by atomic mass is 16.5. The first-order valence-corrected chi connectivity index (χ1v) is 8.33. The predicted molar refractivity (Wildman–Crippen MR) is 98.7 cm³/mol. The first-order valence-electron chi connectivity index (χ1n) is 8.33. The van der Waals surface area contributed by atoms with Crippen molar-refractivity contribution in [1.82, 2.24) is 14.8 Å². The number of hydrogen-bond donors (Lipinski definition) is 1. The van der Waals surface area contributed by atoms with Crippen molar-refractivity contribution in [3.05, 3.63) is 65.7 Å². The van der Waals surface area contributed by atoms with Crippen molar-refractivity contribution in [2.24, 2.45) is 7.05 Å². The molecule has 0 unspecified atom stereocenters. The number of nitriles is 1. The molecule has 0 atom stereocenters. The molecule has 0 saturated heterocycles. The maximum absolute atomic E-state index is 11.0. The highest BCUT2D eigenvalue weighted by Gasteiger charge is 2.12. The summed E-state index contributed by atoms with van der Waals surface area (Å²) in [6, 6.07) is 13.7. The number of rotatable bonds is 5. The Balaban J connectivity index is 1.55. The van der Waals surface area contributed by atoms with E-state index in [4.69, 9.17) is 14.3 Å². The fourth-order valence-corrected chi connectivity index (χ4v) is 2.78. The van der Waals surface area contributed by atoms with Gasteiger partial charge in [0.25, 0.3) is 0 Å². The summed E-state index contributed by atoms with van der Waals surface area (Å²) in [4.78, 5) is 15.3. The predicted octanol–water partition coefficient (Wildman–Crippen LogP) is 3.38. The number of aromatic nitrogens is 3. The normalized spacial score (nSPS) is 10.7. The Kier molecular flexibility index (Phi) is 4.26. The van der Waals surface area contributed by atoms with Gasteiger partial charge in [0.05, 0.1) is 16.8 Å². The van der Waals surface area contributed by atoms with Gasteiger partial charge in [-0.05, 0) is 42.5 Å². The topological polar surface area (TPSA) is 114 Å². The Bertz CT molecular complexity index is 1230. The molecule has 8 nitrogen and oxygen atoms in total. The van der Waals surface area contributed by atoms with Gasteiger partial charge in [0.2, 0.25) is 5.89 Å². The summed E-state index contributed by atoms with van der Waals surface area (Å²) in [6.07, 6.45) is 1.83. The summed E-state index contributed by atoms with van der Waals surface area (Å²) in [7, 11) is 1.83. The van der Waals surface area contributed by atoms with Gasteiger partial charge in [-0.15, -0.1) is 0 Å². The molecule has 0 fully saturated rings. The number of nitrogens with zero attached hydrogens (tertiary/aromatic N) is 4. The Morgan fingerprint density at radius 3 is 2.86 bits per heavy atom. The van der Waals surface area contributed by atoms with Crippen LogP contribution in [0.4, 0.5) is 0 Å². The third-order valence-corrected chi connectivity index (χ3v) is 4.14. The number of aryl methyl sites for hydroxylation is 1. The van der Waals surface area contributed by atoms with Crippen LogP contribution >= 0.6 is 0 Å². The van der Waals surface area contributed by atoms with Gasteiger partial charge < -0.3 is 14.3 Å². The van der Waals surface area contributed by atoms with E-state index >= 15 is 0 Å². The van der Waals surface area contributed by atoms with Crippen molar-refractivity contribution in [2.75, 3.05) is 0 Å². The van der Waals surface area contributed by atoms with Crippen LogP contribution in [0.15, 0.2) is 53.1 Å². The molecule has 8 heteroatoms. The molecule has 0 bridgehead atoms. The zero-order valence-electron chi connectivity index (χ0n) is 14.8. The van der Waals surface area contributed by atoms with Gasteiger partial charge in [-0.1, -0.05) is 0 Å². The highest BCUT2D eigenvalue weighted by Crippen LogP contribution is 2.26. The quantitative estimate of drug-likeness (QED) is 0.569. The van der Waals surface area contributed by atoms with Crippen LogP contribution in [0.3, 0.4) is 0 Å². The number of ether oxygens (including phenoxy) is 1. The lowest BCUT2D eigenvalue weighted by atomic mass is 10.1. The van der Waals surface area contributed by atoms with Crippen LogP contribution < -0.4 is 4.74 Å². The van der Waals surface area contributed by atoms with Crippen molar-refractivity contribution >= 4 is 17.1 Å². The van der Waals surface area contributed by atoms with Crippen LogP contribution in [-0.2, 0) is 13.7 Å². The Labute approximate surface area is 159 Å². The second-order valence-electron chi connectivity index (χ2n) is 6.08. The zero-order valence-corrected chi connectivity index (χ0v) is 14.8. The van der Waals surface area contributed by atoms with Crippen molar-refractivity contribution < 1.29 is 19.1 Å². The molecule has 0 saturated carbocycles. The fraction of sp³-hybridized carbons (Fsp3) is 0.100. The lowest BCUT2D eigenvalue weighted by Crippen LogP contribution is -1.98. The second-order valence-corrected chi connectivity index (χ2v) is 6.08. The summed E-state index contributed by atoms with van der Waals surface area (Å²) in [5.74, 6) is -0.353. The molecule has 4 aromatic rings. The van der Waals surface area contributed by atoms with E-state index in [1.165, 1.54) is 12.1 Å². The standard InChI is InChI=1S/C20H14N4O4/c1-24-7-6-15(23-24)12-3-5-17(14(8-12)10-21)27-11-19-22-16-4-2-13(20(25)26)9-18(16)28-19/h2-9H,11H2,1H3,(H,25,26). The SMILES string of the molecule is Cn1ccc(-c2ccc(OCc3nc4ccc(C(=O)O)cc4o3)c(C#N)c2)n1. The van der Waals surface area contributed by atoms with Gasteiger partial charge in [0, 0.05) is 18.8 Å². The molecule has 0 amide bonds. The van der Waals surface area contributed by atoms with E-state index in [9.17, 15) is 10.1 Å². The van der Waals surface area contributed by atoms with Crippen molar-refractivity contribution in [2.45, 2.75) is 6.61 Å². The number of aromatic carboxylic acids is 1. The summed E-state index contributed by atoms with van der Waals surface area (Å²) >= 11 is 0. The number of oxazole rings is 1. The number of carboxylic acid groups (broad SMARTS) is 1. The molecule has 0 spiro atoms. The lowest BCUT2D eigenvalue weighted by Gasteiger charge is -2.07. The molecular formula is C20H14N4O4. The molecule has 0 aliphatic heterocycles. The number of fused-ring (bicyclic) bond motifs is 1. The highest BCUT2D eigenvalue weighted by molar-refractivity contribution is 5.91. The maximum Gasteiger partial charge on any atom is 0.335 e. The van der Waals surface area contributed by atoms with Crippen LogP contribution in [0.25, 0.3) is 22.4 Å².